The quantitative estimate of drug-likeness (QED) is 0.130. The number of carboxylic acid groups (broad SMARTS) is 1. The van der Waals surface area contributed by atoms with E-state index in [-0.39, 0.29) is 30.4 Å². The Morgan fingerprint density at radius 1 is 1.08 bits per heavy atom. The number of hydrogen-bond donors (Lipinski definition) is 0. The zero-order chi connectivity index (χ0) is 37.0. The van der Waals surface area contributed by atoms with Crippen molar-refractivity contribution in [3.8, 4) is 28.5 Å². The summed E-state index contributed by atoms with van der Waals surface area (Å²) >= 11 is 10.5. The molecule has 1 saturated heterocycles. The number of alkyl halides is 3. The highest BCUT2D eigenvalue weighted by molar-refractivity contribution is 14.1. The van der Waals surface area contributed by atoms with Crippen LogP contribution in [0.3, 0.4) is 0 Å². The minimum absolute atomic E-state index is 0.0471. The van der Waals surface area contributed by atoms with Gasteiger partial charge < -0.3 is 29.0 Å². The number of para-hydroxylation sites is 1. The third-order valence-corrected chi connectivity index (χ3v) is 11.3. The van der Waals surface area contributed by atoms with E-state index in [9.17, 15) is 23.1 Å². The highest BCUT2D eigenvalue weighted by Crippen LogP contribution is 2.46. The molecule has 17 heteroatoms. The maximum atomic E-state index is 13.0. The van der Waals surface area contributed by atoms with E-state index in [4.69, 9.17) is 25.8 Å². The molecule has 0 saturated carbocycles. The summed E-state index contributed by atoms with van der Waals surface area (Å²) in [5.41, 5.74) is 2.94. The summed E-state index contributed by atoms with van der Waals surface area (Å²) in [5, 5.41) is 17.2. The number of nitrogens with zero attached hydrogens (tertiary/aromatic N) is 6. The van der Waals surface area contributed by atoms with Crippen LogP contribution in [0, 0.1) is 9.81 Å². The highest BCUT2D eigenvalue weighted by Gasteiger charge is 2.30. The Morgan fingerprint density at radius 2 is 1.85 bits per heavy atom. The molecule has 4 heterocycles. The summed E-state index contributed by atoms with van der Waals surface area (Å²) in [7, 11) is 2.12. The van der Waals surface area contributed by atoms with E-state index in [1.165, 1.54) is 29.9 Å². The molecule has 1 aliphatic rings. The first-order chi connectivity index (χ1) is 24.9. The van der Waals surface area contributed by atoms with Gasteiger partial charge in [0, 0.05) is 50.9 Å². The summed E-state index contributed by atoms with van der Waals surface area (Å²) in [6.45, 7) is 5.71. The van der Waals surface area contributed by atoms with Gasteiger partial charge in [-0.05, 0) is 71.5 Å². The lowest BCUT2D eigenvalue weighted by Crippen LogP contribution is -2.45. The number of carbonyl (C=O) groups is 1. The number of ether oxygens (including phenoxy) is 3. The summed E-state index contributed by atoms with van der Waals surface area (Å²) in [4.78, 5) is 26.5. The third-order valence-electron chi connectivity index (χ3n) is 8.70. The van der Waals surface area contributed by atoms with E-state index >= 15 is 0 Å². The average Bonchev–Trinajstić information content (AvgIpc) is 3.68. The minimum atomic E-state index is -4.46. The Kier molecular flexibility index (Phi) is 12.1. The molecule has 0 amide bonds. The van der Waals surface area contributed by atoms with E-state index in [1.54, 1.807) is 24.3 Å². The van der Waals surface area contributed by atoms with Crippen LogP contribution in [0.15, 0.2) is 55.0 Å². The topological polar surface area (TPSA) is 118 Å². The third kappa shape index (κ3) is 9.07. The molecule has 0 bridgehead atoms. The summed E-state index contributed by atoms with van der Waals surface area (Å²) in [6.07, 6.45) is -3.60. The van der Waals surface area contributed by atoms with Crippen LogP contribution < -0.4 is 19.3 Å². The molecular formula is C35H34ClF3IN6O5S-. The van der Waals surface area contributed by atoms with Crippen molar-refractivity contribution in [3.05, 3.63) is 79.7 Å². The van der Waals surface area contributed by atoms with Gasteiger partial charge in [-0.3, -0.25) is 9.58 Å². The van der Waals surface area contributed by atoms with Crippen molar-refractivity contribution in [1.82, 2.24) is 29.5 Å². The molecule has 5 aromatic rings. The Labute approximate surface area is 320 Å². The Hall–Kier alpha value is -3.71. The second kappa shape index (κ2) is 16.5. The summed E-state index contributed by atoms with van der Waals surface area (Å²) < 4.78 is 58.7. The van der Waals surface area contributed by atoms with Crippen molar-refractivity contribution in [2.45, 2.75) is 38.8 Å². The van der Waals surface area contributed by atoms with Crippen molar-refractivity contribution in [3.63, 3.8) is 0 Å². The molecule has 1 aliphatic heterocycles. The van der Waals surface area contributed by atoms with Crippen LogP contribution >= 0.6 is 45.5 Å². The smallest absolute Gasteiger partial charge is 0.408 e. The molecule has 0 radical (unpaired) electrons. The largest absolute Gasteiger partial charge is 0.546 e. The van der Waals surface area contributed by atoms with Gasteiger partial charge in [0.1, 0.15) is 48.5 Å². The van der Waals surface area contributed by atoms with Crippen LogP contribution in [-0.4, -0.2) is 94.2 Å². The number of fused-ring (bicyclic) bond motifs is 1. The van der Waals surface area contributed by atoms with E-state index < -0.39 is 24.8 Å². The average molecular weight is 870 g/mol. The van der Waals surface area contributed by atoms with Gasteiger partial charge >= 0.3 is 6.18 Å². The maximum absolute atomic E-state index is 13.0. The minimum Gasteiger partial charge on any atom is -0.546 e. The van der Waals surface area contributed by atoms with Crippen LogP contribution in [0.1, 0.15) is 16.8 Å². The molecule has 2 aromatic carbocycles. The molecule has 0 spiro atoms. The standard InChI is InChI=1S/C35H35ClF3IN6O5S/c1-21-24(7-8-26(30(21)36)49-16-15-45-13-11-44(2)12-14-45)28-29-32(41-20-42-33(29)52-31(28)40)51-27(34(47)48)17-22-5-3-4-6-25(22)50-18-23-9-10-43-46(23)19-35(37,38)39/h3-10,20,27H,11-19H2,1-2H3,(H,47,48)/p-1/t27-/m1/s1. The SMILES string of the molecule is Cc1c(-c2c(I)sc3ncnc(O[C@H](Cc4ccccc4OCc4ccnn4CC(F)(F)F)C(=O)[O-])c23)ccc(OCCN2CCN(C)CC2)c1Cl. The van der Waals surface area contributed by atoms with Crippen molar-refractivity contribution >= 4 is 61.7 Å². The van der Waals surface area contributed by atoms with Crippen molar-refractivity contribution in [2.24, 2.45) is 0 Å². The zero-order valence-corrected chi connectivity index (χ0v) is 31.9. The van der Waals surface area contributed by atoms with E-state index in [0.29, 0.717) is 33.2 Å². The number of aromatic nitrogens is 4. The van der Waals surface area contributed by atoms with E-state index in [1.807, 2.05) is 19.1 Å². The van der Waals surface area contributed by atoms with Crippen molar-refractivity contribution in [1.29, 1.82) is 0 Å². The van der Waals surface area contributed by atoms with Gasteiger partial charge in [-0.25, -0.2) is 9.97 Å². The fraction of sp³-hybridized carbons (Fsp3) is 0.371. The number of likely N-dealkylation sites (N-methyl/N-ethyl adjacent to an activating group) is 1. The lowest BCUT2D eigenvalue weighted by atomic mass is 10.0. The fourth-order valence-corrected chi connectivity index (χ4v) is 8.16. The molecule has 0 aliphatic carbocycles. The van der Waals surface area contributed by atoms with Gasteiger partial charge in [0.05, 0.1) is 25.0 Å². The predicted molar refractivity (Wildman–Crippen MR) is 197 cm³/mol. The first-order valence-corrected chi connectivity index (χ1v) is 18.6. The van der Waals surface area contributed by atoms with Crippen LogP contribution in [-0.2, 0) is 24.4 Å². The first-order valence-electron chi connectivity index (χ1n) is 16.3. The van der Waals surface area contributed by atoms with Crippen LogP contribution in [0.4, 0.5) is 13.2 Å². The Morgan fingerprint density at radius 3 is 2.60 bits per heavy atom. The molecule has 1 fully saturated rings. The van der Waals surface area contributed by atoms with E-state index in [2.05, 4.69) is 54.5 Å². The van der Waals surface area contributed by atoms with Gasteiger partial charge in [-0.15, -0.1) is 11.3 Å². The van der Waals surface area contributed by atoms with Crippen LogP contribution in [0.25, 0.3) is 21.3 Å². The van der Waals surface area contributed by atoms with Crippen LogP contribution in [0.2, 0.25) is 5.02 Å². The lowest BCUT2D eigenvalue weighted by molar-refractivity contribution is -0.313. The van der Waals surface area contributed by atoms with E-state index in [0.717, 1.165) is 57.0 Å². The van der Waals surface area contributed by atoms with Gasteiger partial charge in [0.25, 0.3) is 0 Å². The van der Waals surface area contributed by atoms with Crippen molar-refractivity contribution in [2.75, 3.05) is 46.4 Å². The van der Waals surface area contributed by atoms with Gasteiger partial charge in [0.15, 0.2) is 0 Å². The number of rotatable bonds is 14. The molecular weight excluding hydrogens is 836 g/mol. The molecule has 0 N–H and O–H groups in total. The molecule has 11 nitrogen and oxygen atoms in total. The number of hydrogen-bond acceptors (Lipinski definition) is 11. The lowest BCUT2D eigenvalue weighted by Gasteiger charge is -2.32. The Balaban J connectivity index is 1.21. The molecule has 52 heavy (non-hydrogen) atoms. The number of carbonyl (C=O) groups excluding carboxylic acids is 1. The second-order valence-electron chi connectivity index (χ2n) is 12.3. The number of carboxylic acids is 1. The first kappa shape index (κ1) is 38.0. The molecule has 6 rings (SSSR count). The Bertz CT molecular complexity index is 2040. The number of piperazine rings is 1. The number of thiophene rings is 1. The normalized spacial score (nSPS) is 14.8. The monoisotopic (exact) mass is 869 g/mol. The van der Waals surface area contributed by atoms with Crippen LogP contribution in [0.5, 0.6) is 17.4 Å². The number of halogens is 5. The zero-order valence-electron chi connectivity index (χ0n) is 28.2. The summed E-state index contributed by atoms with van der Waals surface area (Å²) in [5.74, 6) is -0.603. The van der Waals surface area contributed by atoms with Crippen molar-refractivity contribution < 1.29 is 37.3 Å². The molecule has 276 valence electrons. The van der Waals surface area contributed by atoms with Gasteiger partial charge in [-0.2, -0.15) is 18.3 Å². The van der Waals surface area contributed by atoms with Gasteiger partial charge in [-0.1, -0.05) is 35.9 Å². The number of benzene rings is 2. The molecule has 0 unspecified atom stereocenters. The molecule has 3 aromatic heterocycles. The predicted octanol–water partition coefficient (Wildman–Crippen LogP) is 5.63. The molecule has 1 atom stereocenters. The maximum Gasteiger partial charge on any atom is 0.408 e. The van der Waals surface area contributed by atoms with Gasteiger partial charge in [0.2, 0.25) is 5.88 Å². The summed E-state index contributed by atoms with van der Waals surface area (Å²) in [6, 6.07) is 11.8. The highest BCUT2D eigenvalue weighted by atomic mass is 127. The fourth-order valence-electron chi connectivity index (χ4n) is 5.88. The number of aliphatic carboxylic acids is 1. The second-order valence-corrected chi connectivity index (χ2v) is 15.5.